The van der Waals surface area contributed by atoms with Crippen LogP contribution in [0.5, 0.6) is 0 Å². The number of hydroxylamine groups is 2. The number of imidazole rings is 2. The number of nitrogens with zero attached hydrogens (tertiary/aromatic N) is 5. The number of para-hydroxylation sites is 2. The van der Waals surface area contributed by atoms with Gasteiger partial charge < -0.3 is 14.3 Å². The van der Waals surface area contributed by atoms with E-state index in [2.05, 4.69) is 118 Å². The largest absolute Gasteiger partial charge is 0.327 e. The van der Waals surface area contributed by atoms with E-state index in [9.17, 15) is 10.0 Å². The Bertz CT molecular complexity index is 2190. The standard InChI is InChI=1S/C43H49N5O2/c1-8-13-39-45-40-28(2)22-32(41-44-35-16-11-12-17-36(35)46(41)7)24-37(40)47(39)27-29-18-20-31(21-19-29)33-14-9-10-15-34(33)38(49)23-30-25-42(3,4)48(50)43(5,6)26-30/h9-12,14-22,24,30,50H,8,13,23,25-27H2,1-7H3. The molecule has 1 aliphatic heterocycles. The van der Waals surface area contributed by atoms with E-state index in [1.165, 1.54) is 10.6 Å². The molecule has 7 heteroatoms. The van der Waals surface area contributed by atoms with Crippen LogP contribution in [0.4, 0.5) is 0 Å². The van der Waals surface area contributed by atoms with E-state index in [1.54, 1.807) is 0 Å². The van der Waals surface area contributed by atoms with Gasteiger partial charge in [-0.3, -0.25) is 4.79 Å². The average molecular weight is 668 g/mol. The van der Waals surface area contributed by atoms with Crippen molar-refractivity contribution in [3.8, 4) is 22.5 Å². The summed E-state index contributed by atoms with van der Waals surface area (Å²) < 4.78 is 4.54. The second kappa shape index (κ2) is 12.9. The summed E-state index contributed by atoms with van der Waals surface area (Å²) in [6.07, 6.45) is 3.93. The summed E-state index contributed by atoms with van der Waals surface area (Å²) >= 11 is 0. The molecule has 1 fully saturated rings. The normalized spacial score (nSPS) is 16.4. The third-order valence-corrected chi connectivity index (χ3v) is 10.7. The van der Waals surface area contributed by atoms with Crippen molar-refractivity contribution in [2.75, 3.05) is 0 Å². The third kappa shape index (κ3) is 6.18. The number of carbonyl (C=O) groups is 1. The summed E-state index contributed by atoms with van der Waals surface area (Å²) in [5.74, 6) is 2.40. The number of hydrogen-bond acceptors (Lipinski definition) is 5. The minimum absolute atomic E-state index is 0.161. The fourth-order valence-electron chi connectivity index (χ4n) is 8.51. The molecule has 1 saturated heterocycles. The van der Waals surface area contributed by atoms with Crippen LogP contribution >= 0.6 is 0 Å². The van der Waals surface area contributed by atoms with Crippen molar-refractivity contribution < 1.29 is 10.0 Å². The van der Waals surface area contributed by atoms with Gasteiger partial charge in [0.25, 0.3) is 0 Å². The summed E-state index contributed by atoms with van der Waals surface area (Å²) in [5, 5.41) is 12.3. The van der Waals surface area contributed by atoms with E-state index in [-0.39, 0.29) is 22.8 Å². The van der Waals surface area contributed by atoms with Gasteiger partial charge in [0.2, 0.25) is 0 Å². The summed E-state index contributed by atoms with van der Waals surface area (Å²) in [4.78, 5) is 24.0. The quantitative estimate of drug-likeness (QED) is 0.155. The van der Waals surface area contributed by atoms with Gasteiger partial charge in [0.15, 0.2) is 5.78 Å². The minimum Gasteiger partial charge on any atom is -0.327 e. The molecule has 7 nitrogen and oxygen atoms in total. The lowest BCUT2D eigenvalue weighted by atomic mass is 9.73. The van der Waals surface area contributed by atoms with Crippen molar-refractivity contribution >= 4 is 27.9 Å². The summed E-state index contributed by atoms with van der Waals surface area (Å²) in [5.41, 5.74) is 9.67. The molecule has 0 amide bonds. The first-order valence-corrected chi connectivity index (χ1v) is 18.0. The zero-order valence-electron chi connectivity index (χ0n) is 30.5. The number of ketones is 1. The molecule has 7 rings (SSSR count). The molecule has 0 radical (unpaired) electrons. The number of benzene rings is 4. The Labute approximate surface area is 295 Å². The van der Waals surface area contributed by atoms with E-state index < -0.39 is 0 Å². The van der Waals surface area contributed by atoms with Gasteiger partial charge in [0.05, 0.1) is 22.1 Å². The lowest BCUT2D eigenvalue weighted by Crippen LogP contribution is -2.59. The second-order valence-corrected chi connectivity index (χ2v) is 15.6. The number of Topliss-reactive ketones (excluding diaryl/α,β-unsaturated/α-hetero) is 1. The predicted octanol–water partition coefficient (Wildman–Crippen LogP) is 9.80. The smallest absolute Gasteiger partial charge is 0.163 e. The van der Waals surface area contributed by atoms with Crippen LogP contribution in [0.1, 0.15) is 87.6 Å². The molecule has 0 bridgehead atoms. The molecule has 0 unspecified atom stereocenters. The van der Waals surface area contributed by atoms with E-state index in [0.717, 1.165) is 87.2 Å². The first kappa shape index (κ1) is 33.9. The summed E-state index contributed by atoms with van der Waals surface area (Å²) in [7, 11) is 2.08. The molecular formula is C43H49N5O2. The Morgan fingerprint density at radius 1 is 0.860 bits per heavy atom. The Hall–Kier alpha value is -4.59. The number of aryl methyl sites for hydroxylation is 3. The van der Waals surface area contributed by atoms with Gasteiger partial charge in [-0.1, -0.05) is 67.6 Å². The van der Waals surface area contributed by atoms with Crippen LogP contribution in [-0.2, 0) is 20.0 Å². The molecule has 0 spiro atoms. The highest BCUT2D eigenvalue weighted by Gasteiger charge is 2.45. The second-order valence-electron chi connectivity index (χ2n) is 15.6. The Balaban J connectivity index is 1.18. The molecule has 0 saturated carbocycles. The minimum atomic E-state index is -0.382. The molecule has 1 aliphatic rings. The van der Waals surface area contributed by atoms with Crippen LogP contribution in [0.25, 0.3) is 44.6 Å². The highest BCUT2D eigenvalue weighted by atomic mass is 16.5. The van der Waals surface area contributed by atoms with E-state index in [1.807, 2.05) is 24.3 Å². The van der Waals surface area contributed by atoms with Crippen LogP contribution in [-0.4, -0.2) is 46.2 Å². The monoisotopic (exact) mass is 667 g/mol. The average Bonchev–Trinajstić information content (AvgIpc) is 3.61. The zero-order valence-corrected chi connectivity index (χ0v) is 30.5. The van der Waals surface area contributed by atoms with Gasteiger partial charge in [-0.15, -0.1) is 0 Å². The first-order chi connectivity index (χ1) is 23.9. The van der Waals surface area contributed by atoms with E-state index in [4.69, 9.17) is 9.97 Å². The maximum Gasteiger partial charge on any atom is 0.163 e. The number of piperidine rings is 1. The molecule has 3 heterocycles. The van der Waals surface area contributed by atoms with E-state index >= 15 is 0 Å². The van der Waals surface area contributed by atoms with Gasteiger partial charge in [0, 0.05) is 48.6 Å². The molecule has 50 heavy (non-hydrogen) atoms. The van der Waals surface area contributed by atoms with Crippen molar-refractivity contribution in [3.63, 3.8) is 0 Å². The van der Waals surface area contributed by atoms with E-state index in [0.29, 0.717) is 13.0 Å². The highest BCUT2D eigenvalue weighted by Crippen LogP contribution is 2.42. The van der Waals surface area contributed by atoms with Gasteiger partial charge >= 0.3 is 0 Å². The maximum atomic E-state index is 13.8. The lowest BCUT2D eigenvalue weighted by molar-refractivity contribution is -0.250. The number of rotatable bonds is 9. The van der Waals surface area contributed by atoms with Crippen molar-refractivity contribution in [1.82, 2.24) is 24.2 Å². The molecule has 6 aromatic rings. The Kier molecular flexibility index (Phi) is 8.77. The van der Waals surface area contributed by atoms with Gasteiger partial charge in [-0.25, -0.2) is 9.97 Å². The van der Waals surface area contributed by atoms with Crippen molar-refractivity contribution in [1.29, 1.82) is 0 Å². The van der Waals surface area contributed by atoms with Crippen LogP contribution in [0, 0.1) is 12.8 Å². The van der Waals surface area contributed by atoms with Gasteiger partial charge in [-0.05, 0) is 106 Å². The van der Waals surface area contributed by atoms with Gasteiger partial charge in [0.1, 0.15) is 11.6 Å². The highest BCUT2D eigenvalue weighted by molar-refractivity contribution is 6.02. The SMILES string of the molecule is CCCc1nc2c(C)cc(-c3nc4ccccc4n3C)cc2n1Cc1ccc(-c2ccccc2C(=O)CC2CC(C)(C)N(O)C(C)(C)C2)cc1. The van der Waals surface area contributed by atoms with Crippen LogP contribution in [0.3, 0.4) is 0 Å². The summed E-state index contributed by atoms with van der Waals surface area (Å²) in [6.45, 7) is 13.3. The number of aromatic nitrogens is 4. The number of fused-ring (bicyclic) bond motifs is 2. The lowest BCUT2D eigenvalue weighted by Gasteiger charge is -2.51. The Morgan fingerprint density at radius 3 is 2.24 bits per heavy atom. The fourth-order valence-corrected chi connectivity index (χ4v) is 8.51. The predicted molar refractivity (Wildman–Crippen MR) is 203 cm³/mol. The van der Waals surface area contributed by atoms with Gasteiger partial charge in [-0.2, -0.15) is 5.06 Å². The number of hydrogen-bond donors (Lipinski definition) is 1. The molecule has 0 aliphatic carbocycles. The topological polar surface area (TPSA) is 76.2 Å². The maximum absolute atomic E-state index is 13.8. The van der Waals surface area contributed by atoms with Crippen molar-refractivity contribution in [3.05, 3.63) is 107 Å². The molecule has 258 valence electrons. The first-order valence-electron chi connectivity index (χ1n) is 18.0. The third-order valence-electron chi connectivity index (χ3n) is 10.7. The summed E-state index contributed by atoms with van der Waals surface area (Å²) in [6, 6.07) is 29.4. The van der Waals surface area contributed by atoms with Crippen LogP contribution in [0.15, 0.2) is 84.9 Å². The fraction of sp³-hybridized carbons (Fsp3) is 0.372. The molecule has 1 N–H and O–H groups in total. The van der Waals surface area contributed by atoms with Crippen LogP contribution in [0.2, 0.25) is 0 Å². The molecular weight excluding hydrogens is 619 g/mol. The molecule has 4 aromatic carbocycles. The molecule has 0 atom stereocenters. The molecule has 2 aromatic heterocycles. The Morgan fingerprint density at radius 2 is 1.54 bits per heavy atom. The zero-order chi connectivity index (χ0) is 35.4. The van der Waals surface area contributed by atoms with Crippen molar-refractivity contribution in [2.45, 2.75) is 91.3 Å². The number of carbonyl (C=O) groups excluding carboxylic acids is 1. The van der Waals surface area contributed by atoms with Crippen LogP contribution < -0.4 is 0 Å². The van der Waals surface area contributed by atoms with Crippen molar-refractivity contribution in [2.24, 2.45) is 13.0 Å².